The van der Waals surface area contributed by atoms with Gasteiger partial charge in [-0.2, -0.15) is 8.42 Å². The fraction of sp³-hybridized carbons (Fsp3) is 0.118. The average Bonchev–Trinajstić information content (AvgIpc) is 2.91. The van der Waals surface area contributed by atoms with Crippen molar-refractivity contribution in [1.29, 1.82) is 0 Å². The van der Waals surface area contributed by atoms with Gasteiger partial charge < -0.3 is 9.30 Å². The van der Waals surface area contributed by atoms with E-state index in [9.17, 15) is 12.8 Å². The SMILES string of the molecule is C#CCn1c(=NS(=O)(=O)c2ccc(F)cc2)sc2cc(OC)ccc21. The monoisotopic (exact) mass is 376 g/mol. The number of benzene rings is 2. The van der Waals surface area contributed by atoms with Crippen LogP contribution in [-0.4, -0.2) is 20.1 Å². The van der Waals surface area contributed by atoms with Crippen LogP contribution in [0.2, 0.25) is 0 Å². The zero-order valence-electron chi connectivity index (χ0n) is 13.1. The molecule has 3 aromatic rings. The third-order valence-corrected chi connectivity index (χ3v) is 5.89. The van der Waals surface area contributed by atoms with E-state index in [2.05, 4.69) is 10.3 Å². The van der Waals surface area contributed by atoms with E-state index in [1.807, 2.05) is 0 Å². The quantitative estimate of drug-likeness (QED) is 0.658. The predicted molar refractivity (Wildman–Crippen MR) is 94.3 cm³/mol. The number of hydrogen-bond acceptors (Lipinski definition) is 4. The molecule has 0 saturated heterocycles. The van der Waals surface area contributed by atoms with Crippen molar-refractivity contribution >= 4 is 31.6 Å². The molecular weight excluding hydrogens is 363 g/mol. The van der Waals surface area contributed by atoms with Crippen molar-refractivity contribution < 1.29 is 17.5 Å². The van der Waals surface area contributed by atoms with E-state index in [-0.39, 0.29) is 16.2 Å². The molecule has 0 amide bonds. The van der Waals surface area contributed by atoms with Crippen molar-refractivity contribution in [3.8, 4) is 18.1 Å². The highest BCUT2D eigenvalue weighted by atomic mass is 32.2. The van der Waals surface area contributed by atoms with E-state index >= 15 is 0 Å². The third-order valence-electron chi connectivity index (χ3n) is 3.45. The molecule has 0 spiro atoms. The summed E-state index contributed by atoms with van der Waals surface area (Å²) in [6, 6.07) is 9.86. The number of rotatable bonds is 4. The number of nitrogens with zero attached hydrogens (tertiary/aromatic N) is 2. The van der Waals surface area contributed by atoms with Crippen molar-refractivity contribution in [2.75, 3.05) is 7.11 Å². The van der Waals surface area contributed by atoms with Gasteiger partial charge in [0.05, 0.1) is 28.8 Å². The van der Waals surface area contributed by atoms with Crippen LogP contribution in [0.3, 0.4) is 0 Å². The first-order chi connectivity index (χ1) is 11.9. The molecule has 0 aliphatic heterocycles. The Hall–Kier alpha value is -2.63. The number of methoxy groups -OCH3 is 1. The molecule has 0 bridgehead atoms. The molecule has 0 unspecified atom stereocenters. The largest absolute Gasteiger partial charge is 0.497 e. The molecule has 5 nitrogen and oxygen atoms in total. The minimum absolute atomic E-state index is 0.0869. The van der Waals surface area contributed by atoms with Crippen LogP contribution in [0.4, 0.5) is 4.39 Å². The Balaban J connectivity index is 2.22. The summed E-state index contributed by atoms with van der Waals surface area (Å²) in [6.45, 7) is 0.171. The van der Waals surface area contributed by atoms with Crippen molar-refractivity contribution in [3.63, 3.8) is 0 Å². The van der Waals surface area contributed by atoms with Crippen molar-refractivity contribution in [3.05, 3.63) is 53.1 Å². The van der Waals surface area contributed by atoms with Crippen molar-refractivity contribution in [2.45, 2.75) is 11.4 Å². The van der Waals surface area contributed by atoms with Crippen molar-refractivity contribution in [1.82, 2.24) is 4.57 Å². The first kappa shape index (κ1) is 17.2. The molecule has 0 saturated carbocycles. The molecule has 0 atom stereocenters. The zero-order chi connectivity index (χ0) is 18.0. The van der Waals surface area contributed by atoms with Gasteiger partial charge in [-0.15, -0.1) is 10.8 Å². The predicted octanol–water partition coefficient (Wildman–Crippen LogP) is 2.77. The summed E-state index contributed by atoms with van der Waals surface area (Å²) >= 11 is 1.19. The first-order valence-electron chi connectivity index (χ1n) is 7.12. The number of ether oxygens (including phenoxy) is 1. The number of sulfonamides is 1. The van der Waals surface area contributed by atoms with Gasteiger partial charge in [-0.05, 0) is 42.5 Å². The summed E-state index contributed by atoms with van der Waals surface area (Å²) in [7, 11) is -2.44. The number of hydrogen-bond donors (Lipinski definition) is 0. The lowest BCUT2D eigenvalue weighted by Crippen LogP contribution is -2.16. The van der Waals surface area contributed by atoms with Crippen LogP contribution in [0.1, 0.15) is 0 Å². The van der Waals surface area contributed by atoms with E-state index in [1.54, 1.807) is 29.9 Å². The first-order valence-corrected chi connectivity index (χ1v) is 9.37. The Labute approximate surface area is 148 Å². The lowest BCUT2D eigenvalue weighted by molar-refractivity contribution is 0.415. The maximum absolute atomic E-state index is 13.0. The van der Waals surface area contributed by atoms with Crippen molar-refractivity contribution in [2.24, 2.45) is 4.40 Å². The van der Waals surface area contributed by atoms with Gasteiger partial charge in [0.2, 0.25) is 4.80 Å². The lowest BCUT2D eigenvalue weighted by Gasteiger charge is -2.02. The molecular formula is C17H13FN2O3S2. The summed E-state index contributed by atoms with van der Waals surface area (Å²) in [5.41, 5.74) is 0.761. The molecule has 2 aromatic carbocycles. The second kappa shape index (κ2) is 6.70. The Bertz CT molecular complexity index is 1140. The summed E-state index contributed by atoms with van der Waals surface area (Å²) < 4.78 is 49.5. The topological polar surface area (TPSA) is 60.7 Å². The van der Waals surface area contributed by atoms with E-state index in [1.165, 1.54) is 23.5 Å². The van der Waals surface area contributed by atoms with Gasteiger partial charge in [0.25, 0.3) is 10.0 Å². The fourth-order valence-electron chi connectivity index (χ4n) is 2.26. The average molecular weight is 376 g/mol. The molecule has 3 rings (SSSR count). The van der Waals surface area contributed by atoms with Gasteiger partial charge in [0, 0.05) is 0 Å². The number of terminal acetylenes is 1. The summed E-state index contributed by atoms with van der Waals surface area (Å²) in [5.74, 6) is 2.63. The molecule has 0 aliphatic carbocycles. The Morgan fingerprint density at radius 2 is 2.00 bits per heavy atom. The Morgan fingerprint density at radius 1 is 1.28 bits per heavy atom. The molecule has 8 heteroatoms. The van der Waals surface area contributed by atoms with Gasteiger partial charge >= 0.3 is 0 Å². The molecule has 0 aliphatic rings. The minimum atomic E-state index is -3.99. The molecule has 128 valence electrons. The number of fused-ring (bicyclic) bond motifs is 1. The molecule has 0 fully saturated rings. The van der Waals surface area contributed by atoms with E-state index in [4.69, 9.17) is 11.2 Å². The van der Waals surface area contributed by atoms with E-state index in [0.29, 0.717) is 5.75 Å². The summed E-state index contributed by atoms with van der Waals surface area (Å²) in [4.78, 5) is 0.154. The maximum Gasteiger partial charge on any atom is 0.285 e. The third kappa shape index (κ3) is 3.43. The van der Waals surface area contributed by atoms with Crippen LogP contribution in [0.15, 0.2) is 51.8 Å². The number of halogens is 1. The molecule has 0 N–H and O–H groups in total. The number of aromatic nitrogens is 1. The highest BCUT2D eigenvalue weighted by molar-refractivity contribution is 7.90. The second-order valence-electron chi connectivity index (χ2n) is 5.03. The van der Waals surface area contributed by atoms with E-state index in [0.717, 1.165) is 22.3 Å². The maximum atomic E-state index is 13.0. The summed E-state index contributed by atoms with van der Waals surface area (Å²) in [5, 5.41) is 0. The molecule has 0 radical (unpaired) electrons. The smallest absolute Gasteiger partial charge is 0.285 e. The van der Waals surface area contributed by atoms with Gasteiger partial charge in [-0.25, -0.2) is 4.39 Å². The van der Waals surface area contributed by atoms with Crippen LogP contribution in [0, 0.1) is 18.2 Å². The summed E-state index contributed by atoms with van der Waals surface area (Å²) in [6.07, 6.45) is 5.40. The lowest BCUT2D eigenvalue weighted by atomic mass is 10.3. The fourth-order valence-corrected chi connectivity index (χ4v) is 4.52. The molecule has 1 aromatic heterocycles. The second-order valence-corrected chi connectivity index (χ2v) is 7.64. The van der Waals surface area contributed by atoms with E-state index < -0.39 is 15.8 Å². The highest BCUT2D eigenvalue weighted by Crippen LogP contribution is 2.23. The van der Waals surface area contributed by atoms with Gasteiger partial charge in [-0.3, -0.25) is 0 Å². The standard InChI is InChI=1S/C17H13FN2O3S2/c1-3-10-20-15-9-6-13(23-2)11-16(15)24-17(20)19-25(21,22)14-7-4-12(18)5-8-14/h1,4-9,11H,10H2,2H3. The Morgan fingerprint density at radius 3 is 2.64 bits per heavy atom. The van der Waals surface area contributed by atoms with Crippen LogP contribution in [-0.2, 0) is 16.6 Å². The van der Waals surface area contributed by atoms with Crippen LogP contribution >= 0.6 is 11.3 Å². The normalized spacial score (nSPS) is 12.3. The van der Waals surface area contributed by atoms with Crippen LogP contribution in [0.25, 0.3) is 10.2 Å². The van der Waals surface area contributed by atoms with Crippen LogP contribution in [0.5, 0.6) is 5.75 Å². The van der Waals surface area contributed by atoms with Gasteiger partial charge in [-0.1, -0.05) is 17.3 Å². The zero-order valence-corrected chi connectivity index (χ0v) is 14.8. The number of thiazole rings is 1. The van der Waals surface area contributed by atoms with Gasteiger partial charge in [0.15, 0.2) is 0 Å². The minimum Gasteiger partial charge on any atom is -0.497 e. The van der Waals surface area contributed by atoms with Gasteiger partial charge in [0.1, 0.15) is 11.6 Å². The Kier molecular flexibility index (Phi) is 4.61. The molecule has 1 heterocycles. The highest BCUT2D eigenvalue weighted by Gasteiger charge is 2.15. The van der Waals surface area contributed by atoms with Crippen LogP contribution < -0.4 is 9.54 Å². The molecule has 25 heavy (non-hydrogen) atoms.